The number of aliphatic hydroxyl groups is 2. The fourth-order valence-electron chi connectivity index (χ4n) is 1.86. The summed E-state index contributed by atoms with van der Waals surface area (Å²) < 4.78 is 5.15. The third kappa shape index (κ3) is 2.58. The van der Waals surface area contributed by atoms with Crippen LogP contribution in [0.4, 0.5) is 0 Å². The third-order valence-electron chi connectivity index (χ3n) is 2.94. The van der Waals surface area contributed by atoms with Crippen molar-refractivity contribution in [1.29, 1.82) is 0 Å². The molecule has 0 radical (unpaired) electrons. The lowest BCUT2D eigenvalue weighted by molar-refractivity contribution is 0.0328. The summed E-state index contributed by atoms with van der Waals surface area (Å²) in [4.78, 5) is 0. The van der Waals surface area contributed by atoms with Crippen LogP contribution in [0.2, 0.25) is 0 Å². The summed E-state index contributed by atoms with van der Waals surface area (Å²) in [6.07, 6.45) is -1.92. The van der Waals surface area contributed by atoms with Crippen molar-refractivity contribution in [3.63, 3.8) is 0 Å². The van der Waals surface area contributed by atoms with E-state index in [1.54, 1.807) is 13.2 Å². The van der Waals surface area contributed by atoms with Crippen LogP contribution in [0.5, 0.6) is 5.75 Å². The summed E-state index contributed by atoms with van der Waals surface area (Å²) in [5, 5.41) is 21.4. The Bertz CT molecular complexity index is 542. The molecule has 0 aromatic heterocycles. The number of alkyl halides is 1. The third-order valence-corrected chi connectivity index (χ3v) is 3.25. The fourth-order valence-corrected chi connectivity index (χ4v) is 2.03. The van der Waals surface area contributed by atoms with Gasteiger partial charge in [0.25, 0.3) is 0 Å². The molecule has 0 aliphatic heterocycles. The maximum Gasteiger partial charge on any atom is 0.119 e. The summed E-state index contributed by atoms with van der Waals surface area (Å²) in [5.74, 6) is 0.790. The van der Waals surface area contributed by atoms with Crippen molar-refractivity contribution in [2.75, 3.05) is 13.0 Å². The quantitative estimate of drug-likeness (QED) is 0.836. The van der Waals surface area contributed by atoms with Gasteiger partial charge in [-0.15, -0.1) is 11.6 Å². The Kier molecular flexibility index (Phi) is 4.07. The van der Waals surface area contributed by atoms with E-state index in [-0.39, 0.29) is 5.88 Å². The normalized spacial score (nSPS) is 14.4. The molecule has 2 N–H and O–H groups in total. The van der Waals surface area contributed by atoms with Gasteiger partial charge in [-0.05, 0) is 34.5 Å². The van der Waals surface area contributed by atoms with Crippen LogP contribution in [0.15, 0.2) is 36.4 Å². The number of halogens is 1. The van der Waals surface area contributed by atoms with E-state index in [1.165, 1.54) is 0 Å². The van der Waals surface area contributed by atoms with E-state index in [4.69, 9.17) is 16.3 Å². The minimum Gasteiger partial charge on any atom is -0.497 e. The van der Waals surface area contributed by atoms with Gasteiger partial charge in [-0.2, -0.15) is 0 Å². The minimum atomic E-state index is -0.964. The molecule has 18 heavy (non-hydrogen) atoms. The second kappa shape index (κ2) is 5.57. The van der Waals surface area contributed by atoms with Gasteiger partial charge in [-0.25, -0.2) is 0 Å². The summed E-state index contributed by atoms with van der Waals surface area (Å²) in [7, 11) is 1.62. The van der Waals surface area contributed by atoms with Crippen molar-refractivity contribution >= 4 is 22.4 Å². The molecule has 2 aromatic rings. The highest BCUT2D eigenvalue weighted by Gasteiger charge is 2.17. The first-order valence-electron chi connectivity index (χ1n) is 5.65. The maximum atomic E-state index is 9.89. The van der Waals surface area contributed by atoms with Crippen molar-refractivity contribution in [2.45, 2.75) is 12.2 Å². The summed E-state index contributed by atoms with van der Waals surface area (Å²) in [6, 6.07) is 11.2. The molecular formula is C14H15ClO3. The lowest BCUT2D eigenvalue weighted by Gasteiger charge is -2.16. The van der Waals surface area contributed by atoms with E-state index >= 15 is 0 Å². The smallest absolute Gasteiger partial charge is 0.119 e. The molecule has 0 saturated carbocycles. The minimum absolute atomic E-state index is 0.00180. The van der Waals surface area contributed by atoms with Crippen molar-refractivity contribution in [3.05, 3.63) is 42.0 Å². The first kappa shape index (κ1) is 13.1. The van der Waals surface area contributed by atoms with Crippen molar-refractivity contribution in [2.24, 2.45) is 0 Å². The molecule has 3 nitrogen and oxygen atoms in total. The van der Waals surface area contributed by atoms with E-state index in [9.17, 15) is 10.2 Å². The Balaban J connectivity index is 2.38. The lowest BCUT2D eigenvalue weighted by atomic mass is 10.0. The molecule has 0 saturated heterocycles. The van der Waals surface area contributed by atoms with Gasteiger partial charge in [0.05, 0.1) is 19.1 Å². The fraction of sp³-hybridized carbons (Fsp3) is 0.286. The predicted octanol–water partition coefficient (Wildman–Crippen LogP) is 2.48. The summed E-state index contributed by atoms with van der Waals surface area (Å²) >= 11 is 5.53. The van der Waals surface area contributed by atoms with E-state index < -0.39 is 12.2 Å². The second-order valence-corrected chi connectivity index (χ2v) is 4.45. The van der Waals surface area contributed by atoms with E-state index in [0.717, 1.165) is 16.5 Å². The molecular weight excluding hydrogens is 252 g/mol. The largest absolute Gasteiger partial charge is 0.497 e. The Morgan fingerprint density at radius 2 is 1.78 bits per heavy atom. The molecule has 0 spiro atoms. The Hall–Kier alpha value is -1.29. The second-order valence-electron chi connectivity index (χ2n) is 4.14. The summed E-state index contributed by atoms with van der Waals surface area (Å²) in [6.45, 7) is 0. The molecule has 0 aliphatic carbocycles. The Morgan fingerprint density at radius 1 is 1.11 bits per heavy atom. The van der Waals surface area contributed by atoms with Gasteiger partial charge in [0.2, 0.25) is 0 Å². The van der Waals surface area contributed by atoms with Gasteiger partial charge in [0.15, 0.2) is 0 Å². The van der Waals surface area contributed by atoms with Crippen LogP contribution in [0, 0.1) is 0 Å². The average molecular weight is 267 g/mol. The maximum absolute atomic E-state index is 9.89. The summed E-state index contributed by atoms with van der Waals surface area (Å²) in [5.41, 5.74) is 0.654. The van der Waals surface area contributed by atoms with Crippen molar-refractivity contribution < 1.29 is 14.9 Å². The lowest BCUT2D eigenvalue weighted by Crippen LogP contribution is -2.19. The van der Waals surface area contributed by atoms with Crippen LogP contribution < -0.4 is 4.74 Å². The first-order chi connectivity index (χ1) is 8.65. The Morgan fingerprint density at radius 3 is 2.44 bits per heavy atom. The van der Waals surface area contributed by atoms with Gasteiger partial charge in [0.1, 0.15) is 11.9 Å². The highest BCUT2D eigenvalue weighted by molar-refractivity contribution is 6.18. The van der Waals surface area contributed by atoms with Crippen LogP contribution in [-0.4, -0.2) is 29.3 Å². The number of hydrogen-bond acceptors (Lipinski definition) is 3. The monoisotopic (exact) mass is 266 g/mol. The van der Waals surface area contributed by atoms with Gasteiger partial charge >= 0.3 is 0 Å². The molecule has 96 valence electrons. The number of hydrogen-bond donors (Lipinski definition) is 2. The van der Waals surface area contributed by atoms with Gasteiger partial charge in [0, 0.05) is 0 Å². The molecule has 0 bridgehead atoms. The topological polar surface area (TPSA) is 49.7 Å². The molecule has 4 heteroatoms. The van der Waals surface area contributed by atoms with E-state index in [2.05, 4.69) is 0 Å². The molecule has 2 aromatic carbocycles. The molecule has 0 amide bonds. The predicted molar refractivity (Wildman–Crippen MR) is 72.2 cm³/mol. The molecule has 2 atom stereocenters. The molecule has 2 rings (SSSR count). The zero-order valence-electron chi connectivity index (χ0n) is 10.0. The van der Waals surface area contributed by atoms with Crippen LogP contribution in [0.3, 0.4) is 0 Å². The number of rotatable bonds is 4. The van der Waals surface area contributed by atoms with Crippen LogP contribution in [0.1, 0.15) is 11.7 Å². The SMILES string of the molecule is COc1ccc2cc(C(O)C(O)CCl)ccc2c1. The first-order valence-corrected chi connectivity index (χ1v) is 6.19. The standard InChI is InChI=1S/C14H15ClO3/c1-18-12-5-4-9-6-11(3-2-10(9)7-12)14(17)13(16)8-15/h2-7,13-14,16-17H,8H2,1H3. The molecule has 0 fully saturated rings. The highest BCUT2D eigenvalue weighted by Crippen LogP contribution is 2.25. The van der Waals surface area contributed by atoms with Gasteiger partial charge in [-0.1, -0.05) is 18.2 Å². The van der Waals surface area contributed by atoms with Gasteiger partial charge < -0.3 is 14.9 Å². The van der Waals surface area contributed by atoms with Crippen molar-refractivity contribution in [3.8, 4) is 5.75 Å². The van der Waals surface area contributed by atoms with E-state index in [1.807, 2.05) is 30.3 Å². The zero-order valence-corrected chi connectivity index (χ0v) is 10.8. The molecule has 2 unspecified atom stereocenters. The Labute approximate surface area is 111 Å². The number of benzene rings is 2. The molecule has 0 heterocycles. The highest BCUT2D eigenvalue weighted by atomic mass is 35.5. The van der Waals surface area contributed by atoms with Crippen LogP contribution in [-0.2, 0) is 0 Å². The average Bonchev–Trinajstić information content (AvgIpc) is 2.44. The number of methoxy groups -OCH3 is 1. The number of aliphatic hydroxyl groups excluding tert-OH is 2. The van der Waals surface area contributed by atoms with Crippen LogP contribution in [0.25, 0.3) is 10.8 Å². The van der Waals surface area contributed by atoms with Crippen LogP contribution >= 0.6 is 11.6 Å². The van der Waals surface area contributed by atoms with Gasteiger partial charge in [-0.3, -0.25) is 0 Å². The number of ether oxygens (including phenoxy) is 1. The zero-order chi connectivity index (χ0) is 13.1. The van der Waals surface area contributed by atoms with E-state index in [0.29, 0.717) is 5.56 Å². The number of fused-ring (bicyclic) bond motifs is 1. The van der Waals surface area contributed by atoms with Crippen molar-refractivity contribution in [1.82, 2.24) is 0 Å². The molecule has 0 aliphatic rings.